The number of rotatable bonds is 4. The number of hydrogen-bond donors (Lipinski definition) is 2. The van der Waals surface area contributed by atoms with E-state index in [4.69, 9.17) is 0 Å². The van der Waals surface area contributed by atoms with Gasteiger partial charge in [0.15, 0.2) is 0 Å². The van der Waals surface area contributed by atoms with Crippen LogP contribution >= 0.6 is 0 Å². The van der Waals surface area contributed by atoms with Crippen LogP contribution in [0.1, 0.15) is 43.6 Å². The lowest BCUT2D eigenvalue weighted by atomic mass is 9.71. The van der Waals surface area contributed by atoms with Crippen LogP contribution in [0.4, 0.5) is 0 Å². The Morgan fingerprint density at radius 2 is 1.93 bits per heavy atom. The zero-order chi connectivity index (χ0) is 18.7. The average molecular weight is 372 g/mol. The van der Waals surface area contributed by atoms with Gasteiger partial charge in [-0.2, -0.15) is 0 Å². The van der Waals surface area contributed by atoms with E-state index in [1.165, 1.54) is 5.56 Å². The van der Waals surface area contributed by atoms with Crippen LogP contribution in [0.25, 0.3) is 0 Å². The number of carbonyl (C=O) groups excluding carboxylic acids is 1. The van der Waals surface area contributed by atoms with Crippen LogP contribution in [0.15, 0.2) is 30.3 Å². The number of aliphatic hydroxyl groups excluding tert-OH is 1. The molecule has 0 unspecified atom stereocenters. The maximum Gasteiger partial charge on any atom is 0.236 e. The van der Waals surface area contributed by atoms with Crippen molar-refractivity contribution in [3.8, 4) is 0 Å². The number of hydrogen-bond acceptors (Lipinski definition) is 4. The number of carbonyl (C=O) groups is 1. The third kappa shape index (κ3) is 4.05. The Balaban J connectivity index is 1.30. The van der Waals surface area contributed by atoms with Crippen molar-refractivity contribution in [2.45, 2.75) is 44.1 Å². The molecule has 0 bridgehead atoms. The predicted molar refractivity (Wildman–Crippen MR) is 107 cm³/mol. The number of nitrogens with one attached hydrogen (secondary N) is 1. The van der Waals surface area contributed by atoms with Gasteiger partial charge in [-0.3, -0.25) is 9.69 Å². The summed E-state index contributed by atoms with van der Waals surface area (Å²) >= 11 is 0. The van der Waals surface area contributed by atoms with Crippen LogP contribution in [0.5, 0.6) is 0 Å². The van der Waals surface area contributed by atoms with Crippen LogP contribution in [0.3, 0.4) is 0 Å². The highest BCUT2D eigenvalue weighted by molar-refractivity contribution is 5.78. The summed E-state index contributed by atoms with van der Waals surface area (Å²) in [5.41, 5.74) is 1.30. The summed E-state index contributed by atoms with van der Waals surface area (Å²) in [5.74, 6) is 0.865. The predicted octanol–water partition coefficient (Wildman–Crippen LogP) is 1.83. The quantitative estimate of drug-likeness (QED) is 0.848. The summed E-state index contributed by atoms with van der Waals surface area (Å²) in [6.07, 6.45) is 5.33. The van der Waals surface area contributed by atoms with Crippen molar-refractivity contribution in [1.82, 2.24) is 15.1 Å². The zero-order valence-electron chi connectivity index (χ0n) is 16.3. The number of benzene rings is 1. The summed E-state index contributed by atoms with van der Waals surface area (Å²) in [6, 6.07) is 11.1. The molecule has 0 aliphatic carbocycles. The first-order valence-electron chi connectivity index (χ1n) is 10.6. The number of fused-ring (bicyclic) bond motifs is 1. The van der Waals surface area contributed by atoms with E-state index in [-0.39, 0.29) is 17.9 Å². The van der Waals surface area contributed by atoms with Crippen molar-refractivity contribution in [1.29, 1.82) is 0 Å². The molecule has 3 aliphatic rings. The molecular weight excluding hydrogens is 338 g/mol. The van der Waals surface area contributed by atoms with E-state index >= 15 is 0 Å². The molecule has 0 saturated carbocycles. The Hall–Kier alpha value is -1.43. The second-order valence-corrected chi connectivity index (χ2v) is 8.70. The van der Waals surface area contributed by atoms with Gasteiger partial charge in [-0.1, -0.05) is 30.3 Å². The molecule has 5 heteroatoms. The van der Waals surface area contributed by atoms with Crippen LogP contribution in [-0.4, -0.2) is 72.7 Å². The van der Waals surface area contributed by atoms with Crippen LogP contribution in [0.2, 0.25) is 0 Å². The van der Waals surface area contributed by atoms with E-state index < -0.39 is 0 Å². The van der Waals surface area contributed by atoms with Gasteiger partial charge in [-0.05, 0) is 63.2 Å². The Bertz CT molecular complexity index is 630. The average Bonchev–Trinajstić information content (AvgIpc) is 2.74. The summed E-state index contributed by atoms with van der Waals surface area (Å²) in [7, 11) is 0. The van der Waals surface area contributed by atoms with Gasteiger partial charge in [-0.25, -0.2) is 0 Å². The smallest absolute Gasteiger partial charge is 0.236 e. The van der Waals surface area contributed by atoms with Gasteiger partial charge in [0.25, 0.3) is 0 Å². The minimum Gasteiger partial charge on any atom is -0.396 e. The molecule has 3 heterocycles. The molecule has 4 rings (SSSR count). The Morgan fingerprint density at radius 1 is 1.15 bits per heavy atom. The molecule has 1 aromatic rings. The summed E-state index contributed by atoms with van der Waals surface area (Å²) in [4.78, 5) is 17.3. The highest BCUT2D eigenvalue weighted by Crippen LogP contribution is 2.37. The maximum atomic E-state index is 12.9. The highest BCUT2D eigenvalue weighted by Gasteiger charge is 2.45. The second kappa shape index (κ2) is 8.29. The van der Waals surface area contributed by atoms with Gasteiger partial charge in [0.05, 0.1) is 13.2 Å². The minimum atomic E-state index is -0.132. The molecule has 2 N–H and O–H groups in total. The Kier molecular flexibility index (Phi) is 5.81. The van der Waals surface area contributed by atoms with Crippen LogP contribution in [-0.2, 0) is 4.79 Å². The van der Waals surface area contributed by atoms with Crippen molar-refractivity contribution < 1.29 is 9.90 Å². The van der Waals surface area contributed by atoms with Crippen LogP contribution < -0.4 is 5.32 Å². The summed E-state index contributed by atoms with van der Waals surface area (Å²) < 4.78 is 0. The number of likely N-dealkylation sites (tertiary alicyclic amines) is 2. The first-order valence-corrected chi connectivity index (χ1v) is 10.6. The first-order chi connectivity index (χ1) is 13.2. The molecular formula is C22H33N3O2. The van der Waals surface area contributed by atoms with E-state index in [1.807, 2.05) is 4.90 Å². The molecule has 0 radical (unpaired) electrons. The standard InChI is InChI=1S/C22H33N3O2/c26-17-22-10-4-11-23-20(22)9-14-25(16-22)21(27)15-24-12-7-19(8-13-24)18-5-2-1-3-6-18/h1-3,5-6,19-20,23,26H,4,7-17H2/t20-,22-/m0/s1. The van der Waals surface area contributed by atoms with E-state index in [2.05, 4.69) is 40.5 Å². The van der Waals surface area contributed by atoms with Gasteiger partial charge in [0.2, 0.25) is 5.91 Å². The zero-order valence-corrected chi connectivity index (χ0v) is 16.3. The Labute approximate surface area is 162 Å². The second-order valence-electron chi connectivity index (χ2n) is 8.70. The largest absolute Gasteiger partial charge is 0.396 e. The fourth-order valence-corrected chi connectivity index (χ4v) is 5.34. The molecule has 5 nitrogen and oxygen atoms in total. The molecule has 2 atom stereocenters. The molecule has 3 saturated heterocycles. The topological polar surface area (TPSA) is 55.8 Å². The van der Waals surface area contributed by atoms with Crippen LogP contribution in [0, 0.1) is 5.41 Å². The normalized spacial score (nSPS) is 30.1. The number of piperidine rings is 3. The molecule has 3 fully saturated rings. The lowest BCUT2D eigenvalue weighted by molar-refractivity contribution is -0.139. The molecule has 27 heavy (non-hydrogen) atoms. The third-order valence-corrected chi connectivity index (χ3v) is 7.06. The Morgan fingerprint density at radius 3 is 2.67 bits per heavy atom. The summed E-state index contributed by atoms with van der Waals surface area (Å²) in [5, 5.41) is 13.6. The van der Waals surface area contributed by atoms with Gasteiger partial charge in [0, 0.05) is 24.5 Å². The van der Waals surface area contributed by atoms with Crippen molar-refractivity contribution in [3.63, 3.8) is 0 Å². The van der Waals surface area contributed by atoms with E-state index in [9.17, 15) is 9.90 Å². The van der Waals surface area contributed by atoms with E-state index in [0.717, 1.165) is 58.3 Å². The van der Waals surface area contributed by atoms with Crippen molar-refractivity contribution in [2.24, 2.45) is 5.41 Å². The summed E-state index contributed by atoms with van der Waals surface area (Å²) in [6.45, 7) is 5.26. The third-order valence-electron chi connectivity index (χ3n) is 7.06. The monoisotopic (exact) mass is 371 g/mol. The fourth-order valence-electron chi connectivity index (χ4n) is 5.34. The number of aliphatic hydroxyl groups is 1. The van der Waals surface area contributed by atoms with E-state index in [0.29, 0.717) is 25.0 Å². The number of amides is 1. The molecule has 3 aliphatic heterocycles. The van der Waals surface area contributed by atoms with Crippen molar-refractivity contribution in [3.05, 3.63) is 35.9 Å². The van der Waals surface area contributed by atoms with E-state index in [1.54, 1.807) is 0 Å². The van der Waals surface area contributed by atoms with Crippen molar-refractivity contribution in [2.75, 3.05) is 45.9 Å². The number of nitrogens with zero attached hydrogens (tertiary/aromatic N) is 2. The lowest BCUT2D eigenvalue weighted by Gasteiger charge is -2.50. The molecule has 1 aromatic carbocycles. The SMILES string of the molecule is O=C(CN1CCC(c2ccccc2)CC1)N1CC[C@@H]2NCCC[C@@]2(CO)C1. The highest BCUT2D eigenvalue weighted by atomic mass is 16.3. The minimum absolute atomic E-state index is 0.132. The lowest BCUT2D eigenvalue weighted by Crippen LogP contribution is -2.62. The molecule has 0 aromatic heterocycles. The van der Waals surface area contributed by atoms with Gasteiger partial charge in [-0.15, -0.1) is 0 Å². The van der Waals surface area contributed by atoms with Gasteiger partial charge in [0.1, 0.15) is 0 Å². The van der Waals surface area contributed by atoms with Crippen molar-refractivity contribution >= 4 is 5.91 Å². The molecule has 1 amide bonds. The molecule has 148 valence electrons. The molecule has 0 spiro atoms. The fraction of sp³-hybridized carbons (Fsp3) is 0.682. The van der Waals surface area contributed by atoms with Gasteiger partial charge >= 0.3 is 0 Å². The van der Waals surface area contributed by atoms with Gasteiger partial charge < -0.3 is 15.3 Å². The maximum absolute atomic E-state index is 12.9. The first kappa shape index (κ1) is 18.9.